The van der Waals surface area contributed by atoms with E-state index in [1.54, 1.807) is 55.5 Å². The Morgan fingerprint density at radius 2 is 1.71 bits per heavy atom. The predicted molar refractivity (Wildman–Crippen MR) is 92.4 cm³/mol. The molecule has 1 atom stereocenters. The molecule has 1 aliphatic rings. The zero-order valence-electron chi connectivity index (χ0n) is 13.7. The molecule has 1 aromatic carbocycles. The van der Waals surface area contributed by atoms with E-state index in [-0.39, 0.29) is 37.6 Å². The summed E-state index contributed by atoms with van der Waals surface area (Å²) in [6.07, 6.45) is 6.93. The minimum Gasteiger partial charge on any atom is -0.512 e. The van der Waals surface area contributed by atoms with Crippen LogP contribution in [0.2, 0.25) is 0 Å². The third kappa shape index (κ3) is 4.71. The number of phenols is 1. The Bertz CT molecular complexity index is 653. The van der Waals surface area contributed by atoms with Crippen LogP contribution in [-0.4, -0.2) is 44.3 Å². The van der Waals surface area contributed by atoms with Crippen LogP contribution in [0.4, 0.5) is 0 Å². The summed E-state index contributed by atoms with van der Waals surface area (Å²) in [4.78, 5) is 0. The maximum Gasteiger partial charge on any atom is 0.115 e. The molecule has 0 amide bonds. The SMILES string of the molecule is CC(CO)(CO)CC1(O)C=C(C=Cc2ccc(O)cc2)C=C(O)C1. The summed E-state index contributed by atoms with van der Waals surface area (Å²) in [5, 5.41) is 48.9. The molecule has 0 spiro atoms. The fourth-order valence-electron chi connectivity index (χ4n) is 2.85. The standard InChI is InChI=1S/C19H24O5/c1-18(12-20,13-21)11-19(24)9-15(8-17(23)10-19)3-2-14-4-6-16(22)7-5-14/h2-9,20-24H,10-13H2,1H3. The lowest BCUT2D eigenvalue weighted by Crippen LogP contribution is -2.39. The molecule has 0 aromatic heterocycles. The van der Waals surface area contributed by atoms with Gasteiger partial charge < -0.3 is 25.5 Å². The van der Waals surface area contributed by atoms with E-state index in [1.165, 1.54) is 0 Å². The number of benzene rings is 1. The summed E-state index contributed by atoms with van der Waals surface area (Å²) >= 11 is 0. The summed E-state index contributed by atoms with van der Waals surface area (Å²) in [7, 11) is 0. The van der Waals surface area contributed by atoms with Crippen LogP contribution >= 0.6 is 0 Å². The van der Waals surface area contributed by atoms with Gasteiger partial charge in [0.25, 0.3) is 0 Å². The van der Waals surface area contributed by atoms with Crippen LogP contribution < -0.4 is 0 Å². The van der Waals surface area contributed by atoms with Crippen molar-refractivity contribution in [2.75, 3.05) is 13.2 Å². The molecule has 1 aliphatic carbocycles. The first-order valence-electron chi connectivity index (χ1n) is 7.81. The van der Waals surface area contributed by atoms with Gasteiger partial charge in [-0.05, 0) is 41.8 Å². The Hall–Kier alpha value is -2.08. The number of phenolic OH excluding ortho intramolecular Hbond substituents is 1. The van der Waals surface area contributed by atoms with Gasteiger partial charge in [0.15, 0.2) is 0 Å². The van der Waals surface area contributed by atoms with Gasteiger partial charge in [0.2, 0.25) is 0 Å². The van der Waals surface area contributed by atoms with Gasteiger partial charge in [0, 0.05) is 11.8 Å². The quantitative estimate of drug-likeness (QED) is 0.550. The first-order chi connectivity index (χ1) is 11.3. The third-order valence-corrected chi connectivity index (χ3v) is 4.11. The van der Waals surface area contributed by atoms with E-state index in [0.717, 1.165) is 5.56 Å². The van der Waals surface area contributed by atoms with E-state index in [2.05, 4.69) is 0 Å². The van der Waals surface area contributed by atoms with Crippen molar-refractivity contribution < 1.29 is 25.5 Å². The van der Waals surface area contributed by atoms with Crippen LogP contribution in [0.5, 0.6) is 5.75 Å². The summed E-state index contributed by atoms with van der Waals surface area (Å²) in [6.45, 7) is 1.16. The van der Waals surface area contributed by atoms with Gasteiger partial charge in [-0.3, -0.25) is 0 Å². The summed E-state index contributed by atoms with van der Waals surface area (Å²) < 4.78 is 0. The van der Waals surface area contributed by atoms with E-state index in [9.17, 15) is 25.5 Å². The molecule has 0 heterocycles. The Balaban J connectivity index is 2.22. The molecule has 5 nitrogen and oxygen atoms in total. The highest BCUT2D eigenvalue weighted by Gasteiger charge is 2.37. The molecule has 130 valence electrons. The van der Waals surface area contributed by atoms with Gasteiger partial charge in [0.1, 0.15) is 5.75 Å². The van der Waals surface area contributed by atoms with E-state index in [0.29, 0.717) is 5.57 Å². The molecule has 0 radical (unpaired) electrons. The Kier molecular flexibility index (Phi) is 5.49. The highest BCUT2D eigenvalue weighted by Crippen LogP contribution is 2.36. The molecular formula is C19H24O5. The molecule has 5 N–H and O–H groups in total. The predicted octanol–water partition coefficient (Wildman–Crippen LogP) is 2.29. The highest BCUT2D eigenvalue weighted by atomic mass is 16.3. The van der Waals surface area contributed by atoms with Crippen molar-refractivity contribution in [1.82, 2.24) is 0 Å². The number of aliphatic hydroxyl groups excluding tert-OH is 3. The van der Waals surface area contributed by atoms with Gasteiger partial charge in [0.05, 0.1) is 24.6 Å². The van der Waals surface area contributed by atoms with E-state index < -0.39 is 11.0 Å². The van der Waals surface area contributed by atoms with E-state index >= 15 is 0 Å². The van der Waals surface area contributed by atoms with Gasteiger partial charge in [-0.15, -0.1) is 0 Å². The smallest absolute Gasteiger partial charge is 0.115 e. The molecule has 5 heteroatoms. The van der Waals surface area contributed by atoms with Crippen molar-refractivity contribution >= 4 is 6.08 Å². The zero-order valence-corrected chi connectivity index (χ0v) is 13.7. The molecule has 0 aliphatic heterocycles. The monoisotopic (exact) mass is 332 g/mol. The van der Waals surface area contributed by atoms with Gasteiger partial charge in [-0.2, -0.15) is 0 Å². The molecule has 24 heavy (non-hydrogen) atoms. The molecule has 1 unspecified atom stereocenters. The maximum absolute atomic E-state index is 10.8. The normalized spacial score (nSPS) is 21.7. The van der Waals surface area contributed by atoms with Crippen molar-refractivity contribution in [1.29, 1.82) is 0 Å². The van der Waals surface area contributed by atoms with Gasteiger partial charge in [-0.25, -0.2) is 0 Å². The number of aliphatic hydroxyl groups is 4. The lowest BCUT2D eigenvalue weighted by molar-refractivity contribution is -0.0205. The highest BCUT2D eigenvalue weighted by molar-refractivity contribution is 5.56. The fourth-order valence-corrected chi connectivity index (χ4v) is 2.85. The van der Waals surface area contributed by atoms with Crippen LogP contribution in [-0.2, 0) is 0 Å². The lowest BCUT2D eigenvalue weighted by atomic mass is 9.75. The van der Waals surface area contributed by atoms with E-state index in [1.807, 2.05) is 0 Å². The Morgan fingerprint density at radius 1 is 1.08 bits per heavy atom. The molecule has 0 saturated heterocycles. The average molecular weight is 332 g/mol. The van der Waals surface area contributed by atoms with Crippen molar-refractivity contribution in [3.63, 3.8) is 0 Å². The largest absolute Gasteiger partial charge is 0.512 e. The van der Waals surface area contributed by atoms with E-state index in [4.69, 9.17) is 0 Å². The van der Waals surface area contributed by atoms with Crippen molar-refractivity contribution in [2.45, 2.75) is 25.4 Å². The second kappa shape index (κ2) is 7.21. The minimum absolute atomic E-state index is 0.0408. The maximum atomic E-state index is 10.8. The molecule has 1 aromatic rings. The summed E-state index contributed by atoms with van der Waals surface area (Å²) in [5.41, 5.74) is -0.679. The van der Waals surface area contributed by atoms with Crippen LogP contribution in [0.25, 0.3) is 6.08 Å². The summed E-state index contributed by atoms with van der Waals surface area (Å²) in [6, 6.07) is 6.65. The lowest BCUT2D eigenvalue weighted by Gasteiger charge is -2.36. The minimum atomic E-state index is -1.34. The fraction of sp³-hybridized carbons (Fsp3) is 0.368. The Morgan fingerprint density at radius 3 is 2.29 bits per heavy atom. The summed E-state index contributed by atoms with van der Waals surface area (Å²) in [5.74, 6) is 0.229. The number of rotatable bonds is 6. The second-order valence-corrected chi connectivity index (χ2v) is 6.79. The first kappa shape index (κ1) is 18.3. The topological polar surface area (TPSA) is 101 Å². The molecule has 2 rings (SSSR count). The Labute approximate surface area is 141 Å². The van der Waals surface area contributed by atoms with Gasteiger partial charge >= 0.3 is 0 Å². The average Bonchev–Trinajstić information content (AvgIpc) is 2.53. The third-order valence-electron chi connectivity index (χ3n) is 4.11. The van der Waals surface area contributed by atoms with Crippen LogP contribution in [0, 0.1) is 5.41 Å². The number of hydrogen-bond acceptors (Lipinski definition) is 5. The number of aromatic hydroxyl groups is 1. The van der Waals surface area contributed by atoms with Gasteiger partial charge in [-0.1, -0.05) is 31.2 Å². The van der Waals surface area contributed by atoms with Crippen LogP contribution in [0.1, 0.15) is 25.3 Å². The zero-order chi connectivity index (χ0) is 17.8. The molecular weight excluding hydrogens is 308 g/mol. The van der Waals surface area contributed by atoms with Crippen molar-refractivity contribution in [2.24, 2.45) is 5.41 Å². The number of allylic oxidation sites excluding steroid dienone is 3. The molecule has 0 fully saturated rings. The van der Waals surface area contributed by atoms with Crippen LogP contribution in [0.15, 0.2) is 53.8 Å². The van der Waals surface area contributed by atoms with Crippen LogP contribution in [0.3, 0.4) is 0 Å². The second-order valence-electron chi connectivity index (χ2n) is 6.79. The molecule has 0 bridgehead atoms. The first-order valence-corrected chi connectivity index (χ1v) is 7.81. The van der Waals surface area contributed by atoms with Crippen molar-refractivity contribution in [3.8, 4) is 5.75 Å². The molecule has 0 saturated carbocycles. The van der Waals surface area contributed by atoms with Crippen molar-refractivity contribution in [3.05, 3.63) is 59.4 Å². The number of hydrogen-bond donors (Lipinski definition) is 5.